The first kappa shape index (κ1) is 19.9. The highest BCUT2D eigenvalue weighted by molar-refractivity contribution is 6.61. The Bertz CT molecular complexity index is 250. The molecule has 0 fully saturated rings. The molecule has 6 nitrogen and oxygen atoms in total. The molecule has 0 spiro atoms. The van der Waals surface area contributed by atoms with Gasteiger partial charge >= 0.3 is 17.6 Å². The van der Waals surface area contributed by atoms with Crippen LogP contribution in [0.4, 0.5) is 0 Å². The lowest BCUT2D eigenvalue weighted by molar-refractivity contribution is 0.123. The number of hydrogen-bond acceptors (Lipinski definition) is 6. The summed E-state index contributed by atoms with van der Waals surface area (Å²) in [6.07, 6.45) is 6.00. The highest BCUT2D eigenvalue weighted by Gasteiger charge is 2.37. The van der Waals surface area contributed by atoms with E-state index in [1.165, 1.54) is 0 Å². The molecule has 0 atom stereocenters. The van der Waals surface area contributed by atoms with Crippen molar-refractivity contribution in [3.63, 3.8) is 0 Å². The lowest BCUT2D eigenvalue weighted by Gasteiger charge is -2.24. The molecule has 0 aromatic carbocycles. The lowest BCUT2D eigenvalue weighted by Crippen LogP contribution is -2.42. The number of rotatable bonds is 12. The zero-order valence-corrected chi connectivity index (χ0v) is 15.4. The summed E-state index contributed by atoms with van der Waals surface area (Å²) < 4.78 is 32.1. The highest BCUT2D eigenvalue weighted by Crippen LogP contribution is 2.17. The molecule has 20 heavy (non-hydrogen) atoms. The van der Waals surface area contributed by atoms with E-state index >= 15 is 0 Å². The topological polar surface area (TPSA) is 55.4 Å². The molecule has 0 aliphatic heterocycles. The smallest absolute Gasteiger partial charge is 0.377 e. The van der Waals surface area contributed by atoms with Gasteiger partial charge in [0.15, 0.2) is 0 Å². The predicted octanol–water partition coefficient (Wildman–Crippen LogP) is 2.08. The van der Waals surface area contributed by atoms with Crippen molar-refractivity contribution in [3.05, 3.63) is 12.2 Å². The van der Waals surface area contributed by atoms with Crippen LogP contribution in [0.5, 0.6) is 0 Å². The van der Waals surface area contributed by atoms with Crippen LogP contribution in [0.2, 0.25) is 12.1 Å². The molecule has 0 saturated heterocycles. The Morgan fingerprint density at radius 1 is 0.650 bits per heavy atom. The summed E-state index contributed by atoms with van der Waals surface area (Å²) in [5.74, 6) is 0. The summed E-state index contributed by atoms with van der Waals surface area (Å²) in [6.45, 7) is 0. The van der Waals surface area contributed by atoms with Gasteiger partial charge in [-0.05, 0) is 12.8 Å². The van der Waals surface area contributed by atoms with Crippen molar-refractivity contribution in [2.75, 3.05) is 42.7 Å². The van der Waals surface area contributed by atoms with Crippen LogP contribution in [-0.4, -0.2) is 60.3 Å². The molecule has 0 bridgehead atoms. The summed E-state index contributed by atoms with van der Waals surface area (Å²) in [6, 6.07) is 1.46. The molecule has 0 radical (unpaired) electrons. The molecular formula is C12H28O6Si2. The van der Waals surface area contributed by atoms with Crippen LogP contribution in [0.15, 0.2) is 12.2 Å². The molecule has 0 unspecified atom stereocenters. The number of allylic oxidation sites excluding steroid dienone is 2. The summed E-state index contributed by atoms with van der Waals surface area (Å²) in [5.41, 5.74) is 0. The zero-order chi connectivity index (χ0) is 15.5. The Kier molecular flexibility index (Phi) is 10.6. The maximum atomic E-state index is 5.37. The standard InChI is InChI=1S/C12H28O6Si2/c1-13-19(14-2,15-3)11-9-7-8-10-12-20(16-4,17-5)18-6/h7,9H,8,10-12H2,1-6H3/b9-7+. The third-order valence-corrected chi connectivity index (χ3v) is 8.69. The summed E-state index contributed by atoms with van der Waals surface area (Å²) >= 11 is 0. The van der Waals surface area contributed by atoms with Gasteiger partial charge in [0.25, 0.3) is 0 Å². The lowest BCUT2D eigenvalue weighted by atomic mass is 10.3. The second kappa shape index (κ2) is 10.6. The van der Waals surface area contributed by atoms with Gasteiger partial charge in [0.1, 0.15) is 0 Å². The maximum absolute atomic E-state index is 5.37. The van der Waals surface area contributed by atoms with E-state index in [4.69, 9.17) is 26.6 Å². The fourth-order valence-electron chi connectivity index (χ4n) is 1.84. The largest absolute Gasteiger partial charge is 0.504 e. The Labute approximate surface area is 124 Å². The number of hydrogen-bond donors (Lipinski definition) is 0. The Morgan fingerprint density at radius 3 is 1.50 bits per heavy atom. The predicted molar refractivity (Wildman–Crippen MR) is 81.6 cm³/mol. The van der Waals surface area contributed by atoms with Crippen LogP contribution in [-0.2, 0) is 26.6 Å². The molecule has 0 amide bonds. The average molecular weight is 325 g/mol. The molecule has 8 heteroatoms. The minimum atomic E-state index is -2.49. The third-order valence-electron chi connectivity index (χ3n) is 3.25. The first-order valence-corrected chi connectivity index (χ1v) is 10.4. The van der Waals surface area contributed by atoms with Gasteiger partial charge in [0, 0.05) is 54.7 Å². The van der Waals surface area contributed by atoms with Crippen molar-refractivity contribution in [2.45, 2.75) is 24.9 Å². The van der Waals surface area contributed by atoms with Crippen molar-refractivity contribution in [2.24, 2.45) is 0 Å². The minimum absolute atomic E-state index is 0.665. The van der Waals surface area contributed by atoms with E-state index in [-0.39, 0.29) is 0 Å². The monoisotopic (exact) mass is 324 g/mol. The second-order valence-electron chi connectivity index (χ2n) is 4.16. The van der Waals surface area contributed by atoms with Crippen LogP contribution in [0.25, 0.3) is 0 Å². The third kappa shape index (κ3) is 6.14. The fraction of sp³-hybridized carbons (Fsp3) is 0.833. The van der Waals surface area contributed by atoms with E-state index in [0.29, 0.717) is 6.04 Å². The molecule has 0 saturated carbocycles. The molecule has 0 aromatic rings. The van der Waals surface area contributed by atoms with Gasteiger partial charge in [-0.1, -0.05) is 12.2 Å². The first-order chi connectivity index (χ1) is 9.57. The van der Waals surface area contributed by atoms with Crippen molar-refractivity contribution >= 4 is 17.6 Å². The molecular weight excluding hydrogens is 296 g/mol. The van der Waals surface area contributed by atoms with Gasteiger partial charge in [-0.3, -0.25) is 0 Å². The Morgan fingerprint density at radius 2 is 1.10 bits per heavy atom. The van der Waals surface area contributed by atoms with E-state index in [0.717, 1.165) is 18.9 Å². The zero-order valence-electron chi connectivity index (χ0n) is 13.4. The van der Waals surface area contributed by atoms with Crippen LogP contribution >= 0.6 is 0 Å². The van der Waals surface area contributed by atoms with Gasteiger partial charge in [0.2, 0.25) is 0 Å². The van der Waals surface area contributed by atoms with Gasteiger partial charge in [0.05, 0.1) is 0 Å². The van der Waals surface area contributed by atoms with Crippen molar-refractivity contribution < 1.29 is 26.6 Å². The van der Waals surface area contributed by atoms with Crippen molar-refractivity contribution in [3.8, 4) is 0 Å². The molecule has 0 N–H and O–H groups in total. The highest BCUT2D eigenvalue weighted by atomic mass is 28.4. The van der Waals surface area contributed by atoms with E-state index in [1.54, 1.807) is 42.7 Å². The van der Waals surface area contributed by atoms with Crippen molar-refractivity contribution in [1.29, 1.82) is 0 Å². The average Bonchev–Trinajstić information content (AvgIpc) is 2.52. The first-order valence-electron chi connectivity index (χ1n) is 6.53. The molecule has 0 heterocycles. The summed E-state index contributed by atoms with van der Waals surface area (Å²) in [4.78, 5) is 0. The quantitative estimate of drug-likeness (QED) is 0.311. The van der Waals surface area contributed by atoms with Crippen molar-refractivity contribution in [1.82, 2.24) is 0 Å². The van der Waals surface area contributed by atoms with Crippen LogP contribution in [0.1, 0.15) is 12.8 Å². The fourth-order valence-corrected chi connectivity index (χ4v) is 5.04. The van der Waals surface area contributed by atoms with Crippen LogP contribution < -0.4 is 0 Å². The van der Waals surface area contributed by atoms with E-state index in [2.05, 4.69) is 6.08 Å². The Hall–Kier alpha value is -0.0662. The molecule has 120 valence electrons. The normalized spacial score (nSPS) is 13.3. The summed E-state index contributed by atoms with van der Waals surface area (Å²) in [7, 11) is 4.81. The second-order valence-corrected chi connectivity index (χ2v) is 10.2. The van der Waals surface area contributed by atoms with Crippen LogP contribution in [0, 0.1) is 0 Å². The van der Waals surface area contributed by atoms with Gasteiger partial charge < -0.3 is 26.6 Å². The Balaban J connectivity index is 4.09. The molecule has 0 rings (SSSR count). The molecule has 0 aliphatic rings. The molecule has 0 aliphatic carbocycles. The van der Waals surface area contributed by atoms with E-state index in [1.807, 2.05) is 6.08 Å². The van der Waals surface area contributed by atoms with E-state index in [9.17, 15) is 0 Å². The van der Waals surface area contributed by atoms with Gasteiger partial charge in [-0.15, -0.1) is 0 Å². The van der Waals surface area contributed by atoms with Crippen LogP contribution in [0.3, 0.4) is 0 Å². The minimum Gasteiger partial charge on any atom is -0.377 e. The molecule has 0 aromatic heterocycles. The SMILES string of the molecule is CO[Si](C/C=C/CCC[Si](OC)(OC)OC)(OC)OC. The van der Waals surface area contributed by atoms with Gasteiger partial charge in [-0.2, -0.15) is 0 Å². The van der Waals surface area contributed by atoms with E-state index < -0.39 is 17.6 Å². The van der Waals surface area contributed by atoms with Gasteiger partial charge in [-0.25, -0.2) is 0 Å². The summed E-state index contributed by atoms with van der Waals surface area (Å²) in [5, 5.41) is 0. The number of unbranched alkanes of at least 4 members (excludes halogenated alkanes) is 1. The maximum Gasteiger partial charge on any atom is 0.504 e.